The van der Waals surface area contributed by atoms with Crippen molar-refractivity contribution in [3.8, 4) is 0 Å². The predicted octanol–water partition coefficient (Wildman–Crippen LogP) is 4.03. The zero-order chi connectivity index (χ0) is 21.0. The molecule has 2 amide bonds. The van der Waals surface area contributed by atoms with E-state index in [1.807, 2.05) is 31.2 Å². The number of rotatable bonds is 5. The van der Waals surface area contributed by atoms with Crippen LogP contribution in [0.4, 0.5) is 5.69 Å². The van der Waals surface area contributed by atoms with Crippen LogP contribution < -0.4 is 10.9 Å². The first kappa shape index (κ1) is 20.2. The summed E-state index contributed by atoms with van der Waals surface area (Å²) in [5.41, 5.74) is 5.73. The van der Waals surface area contributed by atoms with Crippen molar-refractivity contribution in [2.24, 2.45) is 0 Å². The Morgan fingerprint density at radius 2 is 1.69 bits per heavy atom. The van der Waals surface area contributed by atoms with Gasteiger partial charge in [0, 0.05) is 16.5 Å². The summed E-state index contributed by atoms with van der Waals surface area (Å²) in [7, 11) is 0. The van der Waals surface area contributed by atoms with Crippen molar-refractivity contribution in [2.75, 3.05) is 0 Å². The SMILES string of the molecule is Cc1ccc(Sc2ccc(C(=O)NNC(=O)c3ccoc3C)cc2[N+](=O)[O-])cc1. The van der Waals surface area contributed by atoms with Gasteiger partial charge in [-0.25, -0.2) is 0 Å². The number of nitrogens with zero attached hydrogens (tertiary/aromatic N) is 1. The standard InChI is InChI=1S/C20H17N3O5S/c1-12-3-6-15(7-4-12)29-18-8-5-14(11-17(18)23(26)27)19(24)21-22-20(25)16-9-10-28-13(16)2/h3-11H,1-2H3,(H,21,24)(H,22,25). The van der Waals surface area contributed by atoms with Crippen molar-refractivity contribution >= 4 is 29.3 Å². The Hall–Kier alpha value is -3.59. The van der Waals surface area contributed by atoms with Crippen LogP contribution in [0.15, 0.2) is 69.0 Å². The van der Waals surface area contributed by atoms with Crippen molar-refractivity contribution in [2.45, 2.75) is 23.6 Å². The zero-order valence-corrected chi connectivity index (χ0v) is 16.4. The molecule has 1 heterocycles. The van der Waals surface area contributed by atoms with Crippen LogP contribution in [0.1, 0.15) is 32.0 Å². The summed E-state index contributed by atoms with van der Waals surface area (Å²) < 4.78 is 5.04. The molecule has 0 radical (unpaired) electrons. The fourth-order valence-corrected chi connectivity index (χ4v) is 3.39. The Labute approximate surface area is 170 Å². The Kier molecular flexibility index (Phi) is 5.99. The molecule has 148 valence electrons. The molecule has 0 bridgehead atoms. The van der Waals surface area contributed by atoms with Crippen molar-refractivity contribution in [1.29, 1.82) is 0 Å². The molecule has 2 N–H and O–H groups in total. The van der Waals surface area contributed by atoms with Crippen molar-refractivity contribution < 1.29 is 18.9 Å². The van der Waals surface area contributed by atoms with Gasteiger partial charge in [0.25, 0.3) is 17.5 Å². The highest BCUT2D eigenvalue weighted by Gasteiger charge is 2.19. The lowest BCUT2D eigenvalue weighted by molar-refractivity contribution is -0.387. The Bertz CT molecular complexity index is 1080. The van der Waals surface area contributed by atoms with Crippen molar-refractivity contribution in [3.63, 3.8) is 0 Å². The first-order chi connectivity index (χ1) is 13.8. The fraction of sp³-hybridized carbons (Fsp3) is 0.100. The minimum Gasteiger partial charge on any atom is -0.469 e. The monoisotopic (exact) mass is 411 g/mol. The maximum atomic E-state index is 12.3. The molecule has 1 aromatic heterocycles. The van der Waals surface area contributed by atoms with Crippen LogP contribution in [0.25, 0.3) is 0 Å². The summed E-state index contributed by atoms with van der Waals surface area (Å²) in [6.45, 7) is 3.57. The highest BCUT2D eigenvalue weighted by atomic mass is 32.2. The Morgan fingerprint density at radius 1 is 1.00 bits per heavy atom. The van der Waals surface area contributed by atoms with Crippen LogP contribution in [0, 0.1) is 24.0 Å². The third-order valence-corrected chi connectivity index (χ3v) is 5.13. The lowest BCUT2D eigenvalue weighted by Gasteiger charge is -2.08. The van der Waals surface area contributed by atoms with Crippen LogP contribution >= 0.6 is 11.8 Å². The second-order valence-corrected chi connectivity index (χ2v) is 7.27. The van der Waals surface area contributed by atoms with Crippen LogP contribution in [0.5, 0.6) is 0 Å². The van der Waals surface area contributed by atoms with Crippen molar-refractivity contribution in [1.82, 2.24) is 10.9 Å². The van der Waals surface area contributed by atoms with Gasteiger partial charge in [-0.1, -0.05) is 29.5 Å². The molecular weight excluding hydrogens is 394 g/mol. The van der Waals surface area contributed by atoms with E-state index in [9.17, 15) is 19.7 Å². The van der Waals surface area contributed by atoms with Gasteiger partial charge in [-0.15, -0.1) is 0 Å². The molecule has 8 nitrogen and oxygen atoms in total. The van der Waals surface area contributed by atoms with Gasteiger partial charge < -0.3 is 4.42 Å². The summed E-state index contributed by atoms with van der Waals surface area (Å²) in [5, 5.41) is 11.5. The minimum atomic E-state index is -0.672. The number of furan rings is 1. The summed E-state index contributed by atoms with van der Waals surface area (Å²) in [5.74, 6) is -0.815. The average molecular weight is 411 g/mol. The number of benzene rings is 2. The number of carbonyl (C=O) groups is 2. The number of nitro groups is 1. The number of nitrogens with one attached hydrogen (secondary N) is 2. The third kappa shape index (κ3) is 4.82. The molecule has 0 unspecified atom stereocenters. The molecule has 2 aromatic carbocycles. The lowest BCUT2D eigenvalue weighted by atomic mass is 10.2. The maximum absolute atomic E-state index is 12.3. The molecule has 0 aliphatic rings. The van der Waals surface area contributed by atoms with Gasteiger partial charge in [0.2, 0.25) is 0 Å². The Morgan fingerprint density at radius 3 is 2.31 bits per heavy atom. The first-order valence-electron chi connectivity index (χ1n) is 8.53. The Balaban J connectivity index is 1.74. The maximum Gasteiger partial charge on any atom is 0.284 e. The van der Waals surface area contributed by atoms with E-state index in [1.165, 1.54) is 42.3 Å². The van der Waals surface area contributed by atoms with Gasteiger partial charge in [-0.2, -0.15) is 0 Å². The van der Waals surface area contributed by atoms with E-state index in [-0.39, 0.29) is 16.8 Å². The molecule has 29 heavy (non-hydrogen) atoms. The summed E-state index contributed by atoms with van der Waals surface area (Å²) in [6.07, 6.45) is 1.36. The summed E-state index contributed by atoms with van der Waals surface area (Å²) in [6, 6.07) is 13.2. The molecule has 0 fully saturated rings. The number of aryl methyl sites for hydroxylation is 2. The molecule has 0 saturated heterocycles. The molecule has 0 aliphatic heterocycles. The topological polar surface area (TPSA) is 114 Å². The van der Waals surface area contributed by atoms with E-state index in [0.717, 1.165) is 10.5 Å². The summed E-state index contributed by atoms with van der Waals surface area (Å²) >= 11 is 1.24. The second-order valence-electron chi connectivity index (χ2n) is 6.15. The van der Waals surface area contributed by atoms with Gasteiger partial charge in [-0.3, -0.25) is 30.6 Å². The van der Waals surface area contributed by atoms with E-state index >= 15 is 0 Å². The lowest BCUT2D eigenvalue weighted by Crippen LogP contribution is -2.41. The van der Waals surface area contributed by atoms with Gasteiger partial charge >= 0.3 is 0 Å². The van der Waals surface area contributed by atoms with Gasteiger partial charge in [0.15, 0.2) is 0 Å². The quantitative estimate of drug-likeness (QED) is 0.484. The van der Waals surface area contributed by atoms with E-state index in [1.54, 1.807) is 6.92 Å². The molecule has 0 spiro atoms. The number of hydrogen-bond acceptors (Lipinski definition) is 6. The molecule has 3 aromatic rings. The molecule has 0 saturated carbocycles. The van der Waals surface area contributed by atoms with Crippen LogP contribution in [-0.4, -0.2) is 16.7 Å². The zero-order valence-electron chi connectivity index (χ0n) is 15.6. The predicted molar refractivity (Wildman–Crippen MR) is 107 cm³/mol. The normalized spacial score (nSPS) is 10.4. The first-order valence-corrected chi connectivity index (χ1v) is 9.34. The molecular formula is C20H17N3O5S. The van der Waals surface area contributed by atoms with Crippen LogP contribution in [0.2, 0.25) is 0 Å². The number of carbonyl (C=O) groups excluding carboxylic acids is 2. The number of hydrazine groups is 1. The number of nitro benzene ring substituents is 1. The van der Waals surface area contributed by atoms with Gasteiger partial charge in [-0.05, 0) is 44.2 Å². The average Bonchev–Trinajstić information content (AvgIpc) is 3.13. The van der Waals surface area contributed by atoms with Crippen molar-refractivity contribution in [3.05, 3.63) is 87.4 Å². The highest BCUT2D eigenvalue weighted by Crippen LogP contribution is 2.35. The molecule has 3 rings (SSSR count). The molecule has 0 aliphatic carbocycles. The largest absolute Gasteiger partial charge is 0.469 e. The highest BCUT2D eigenvalue weighted by molar-refractivity contribution is 7.99. The second kappa shape index (κ2) is 8.61. The third-order valence-electron chi connectivity index (χ3n) is 4.06. The van der Waals surface area contributed by atoms with Crippen LogP contribution in [-0.2, 0) is 0 Å². The van der Waals surface area contributed by atoms with Crippen LogP contribution in [0.3, 0.4) is 0 Å². The molecule has 0 atom stereocenters. The van der Waals surface area contributed by atoms with E-state index in [4.69, 9.17) is 4.42 Å². The number of amides is 2. The summed E-state index contributed by atoms with van der Waals surface area (Å²) in [4.78, 5) is 36.5. The van der Waals surface area contributed by atoms with Gasteiger partial charge in [0.05, 0.1) is 21.6 Å². The fourth-order valence-electron chi connectivity index (χ4n) is 2.49. The number of hydrogen-bond donors (Lipinski definition) is 2. The van der Waals surface area contributed by atoms with E-state index in [2.05, 4.69) is 10.9 Å². The van der Waals surface area contributed by atoms with Gasteiger partial charge in [0.1, 0.15) is 5.76 Å². The molecule has 9 heteroatoms. The van der Waals surface area contributed by atoms with E-state index in [0.29, 0.717) is 10.7 Å². The van der Waals surface area contributed by atoms with E-state index < -0.39 is 16.7 Å². The smallest absolute Gasteiger partial charge is 0.284 e. The minimum absolute atomic E-state index is 0.0502.